The molecular formula is C22H31ClN2O3. The summed E-state index contributed by atoms with van der Waals surface area (Å²) in [5.41, 5.74) is 2.13. The number of benzene rings is 1. The maximum absolute atomic E-state index is 12.3. The number of nitrogens with zero attached hydrogens (tertiary/aromatic N) is 1. The van der Waals surface area contributed by atoms with Gasteiger partial charge in [-0.1, -0.05) is 23.3 Å². The van der Waals surface area contributed by atoms with Crippen molar-refractivity contribution in [3.8, 4) is 11.5 Å². The molecule has 0 bridgehead atoms. The molecule has 28 heavy (non-hydrogen) atoms. The molecule has 1 N–H and O–H groups in total. The van der Waals surface area contributed by atoms with E-state index in [9.17, 15) is 4.79 Å². The van der Waals surface area contributed by atoms with Gasteiger partial charge in [-0.2, -0.15) is 0 Å². The fourth-order valence-electron chi connectivity index (χ4n) is 3.14. The van der Waals surface area contributed by atoms with Gasteiger partial charge in [0.2, 0.25) is 5.91 Å². The van der Waals surface area contributed by atoms with Crippen LogP contribution in [0.2, 0.25) is 5.02 Å². The molecule has 1 fully saturated rings. The second kappa shape index (κ2) is 11.1. The minimum atomic E-state index is -0.0901. The fraction of sp³-hybridized carbons (Fsp3) is 0.500. The van der Waals surface area contributed by atoms with Crippen molar-refractivity contribution in [3.05, 3.63) is 40.4 Å². The number of carbonyl (C=O) groups excluding carboxylic acids is 1. The number of nitrogens with one attached hydrogen (secondary N) is 1. The molecule has 1 amide bonds. The Balaban J connectivity index is 1.90. The molecule has 1 aliphatic heterocycles. The van der Waals surface area contributed by atoms with Crippen molar-refractivity contribution in [2.24, 2.45) is 0 Å². The molecule has 154 valence electrons. The van der Waals surface area contributed by atoms with Crippen LogP contribution in [0.15, 0.2) is 29.9 Å². The van der Waals surface area contributed by atoms with E-state index in [-0.39, 0.29) is 11.9 Å². The smallest absolute Gasteiger partial charge is 0.244 e. The number of methoxy groups -OCH3 is 1. The Morgan fingerprint density at radius 3 is 2.64 bits per heavy atom. The SMILES string of the molecule is CCOc1cc(/C=C/C(=O)NC2CCN(CC=C(C)C)CC2)cc(Cl)c1OC. The number of likely N-dealkylation sites (tertiary alicyclic amines) is 1. The number of halogens is 1. The van der Waals surface area contributed by atoms with Crippen molar-refractivity contribution >= 4 is 23.6 Å². The van der Waals surface area contributed by atoms with Gasteiger partial charge in [0.25, 0.3) is 0 Å². The standard InChI is InChI=1S/C22H31ClN2O3/c1-5-28-20-15-17(14-19(23)22(20)27-4)6-7-21(26)24-18-9-12-25(13-10-18)11-8-16(2)3/h6-8,14-15,18H,5,9-13H2,1-4H3,(H,24,26)/b7-6+. The van der Waals surface area contributed by atoms with Crippen LogP contribution < -0.4 is 14.8 Å². The third-order valence-corrected chi connectivity index (χ3v) is 4.94. The minimum Gasteiger partial charge on any atom is -0.491 e. The largest absolute Gasteiger partial charge is 0.491 e. The van der Waals surface area contributed by atoms with E-state index in [0.29, 0.717) is 23.1 Å². The summed E-state index contributed by atoms with van der Waals surface area (Å²) in [4.78, 5) is 14.7. The van der Waals surface area contributed by atoms with Crippen LogP contribution >= 0.6 is 11.6 Å². The molecule has 1 aliphatic rings. The fourth-order valence-corrected chi connectivity index (χ4v) is 3.43. The highest BCUT2D eigenvalue weighted by Gasteiger charge is 2.19. The molecule has 5 nitrogen and oxygen atoms in total. The van der Waals surface area contributed by atoms with E-state index in [2.05, 4.69) is 30.1 Å². The molecule has 1 aromatic rings. The van der Waals surface area contributed by atoms with Crippen LogP contribution in [0.5, 0.6) is 11.5 Å². The van der Waals surface area contributed by atoms with E-state index < -0.39 is 0 Å². The predicted molar refractivity (Wildman–Crippen MR) is 115 cm³/mol. The average Bonchev–Trinajstić information content (AvgIpc) is 2.66. The van der Waals surface area contributed by atoms with Crippen molar-refractivity contribution < 1.29 is 14.3 Å². The van der Waals surface area contributed by atoms with E-state index in [1.165, 1.54) is 5.57 Å². The van der Waals surface area contributed by atoms with E-state index in [4.69, 9.17) is 21.1 Å². The van der Waals surface area contributed by atoms with Gasteiger partial charge < -0.3 is 14.8 Å². The molecule has 0 aliphatic carbocycles. The highest BCUT2D eigenvalue weighted by molar-refractivity contribution is 6.32. The summed E-state index contributed by atoms with van der Waals surface area (Å²) in [5.74, 6) is 0.985. The first-order valence-corrected chi connectivity index (χ1v) is 10.1. The summed E-state index contributed by atoms with van der Waals surface area (Å²) in [7, 11) is 1.55. The van der Waals surface area contributed by atoms with Crippen molar-refractivity contribution in [1.82, 2.24) is 10.2 Å². The van der Waals surface area contributed by atoms with Crippen molar-refractivity contribution in [1.29, 1.82) is 0 Å². The zero-order valence-electron chi connectivity index (χ0n) is 17.3. The Labute approximate surface area is 173 Å². The van der Waals surface area contributed by atoms with Gasteiger partial charge in [0.15, 0.2) is 11.5 Å². The third kappa shape index (κ3) is 6.88. The van der Waals surface area contributed by atoms with E-state index in [0.717, 1.165) is 38.0 Å². The van der Waals surface area contributed by atoms with Gasteiger partial charge in [0.05, 0.1) is 18.7 Å². The number of piperidine rings is 1. The molecule has 0 spiro atoms. The quantitative estimate of drug-likeness (QED) is 0.516. The highest BCUT2D eigenvalue weighted by atomic mass is 35.5. The van der Waals surface area contributed by atoms with E-state index in [1.54, 1.807) is 25.3 Å². The number of allylic oxidation sites excluding steroid dienone is 1. The molecule has 6 heteroatoms. The zero-order chi connectivity index (χ0) is 20.5. The first-order valence-electron chi connectivity index (χ1n) is 9.77. The lowest BCUT2D eigenvalue weighted by Gasteiger charge is -2.31. The molecule has 0 saturated carbocycles. The number of rotatable bonds is 8. The van der Waals surface area contributed by atoms with Gasteiger partial charge >= 0.3 is 0 Å². The maximum Gasteiger partial charge on any atom is 0.244 e. The molecule has 1 saturated heterocycles. The summed E-state index contributed by atoms with van der Waals surface area (Å²) in [5, 5.41) is 3.55. The lowest BCUT2D eigenvalue weighted by molar-refractivity contribution is -0.117. The number of amides is 1. The van der Waals surface area contributed by atoms with Gasteiger partial charge in [-0.05, 0) is 57.4 Å². The van der Waals surface area contributed by atoms with Gasteiger partial charge in [0.1, 0.15) is 0 Å². The predicted octanol–water partition coefficient (Wildman–Crippen LogP) is 4.31. The van der Waals surface area contributed by atoms with Crippen molar-refractivity contribution in [2.45, 2.75) is 39.7 Å². The first kappa shape index (κ1) is 22.3. The molecule has 0 unspecified atom stereocenters. The number of hydrogen-bond donors (Lipinski definition) is 1. The van der Waals surface area contributed by atoms with Gasteiger partial charge in [-0.25, -0.2) is 0 Å². The summed E-state index contributed by atoms with van der Waals surface area (Å²) >= 11 is 6.25. The van der Waals surface area contributed by atoms with Gasteiger partial charge in [0, 0.05) is 31.8 Å². The highest BCUT2D eigenvalue weighted by Crippen LogP contribution is 2.36. The van der Waals surface area contributed by atoms with Crippen molar-refractivity contribution in [2.75, 3.05) is 33.4 Å². The van der Waals surface area contributed by atoms with Crippen LogP contribution in [0.3, 0.4) is 0 Å². The molecule has 0 aromatic heterocycles. The van der Waals surface area contributed by atoms with Crippen LogP contribution in [0, 0.1) is 0 Å². The average molecular weight is 407 g/mol. The topological polar surface area (TPSA) is 50.8 Å². The lowest BCUT2D eigenvalue weighted by atomic mass is 10.0. The molecule has 0 atom stereocenters. The minimum absolute atomic E-state index is 0.0901. The second-order valence-electron chi connectivity index (χ2n) is 7.17. The Bertz CT molecular complexity index is 719. The van der Waals surface area contributed by atoms with Crippen molar-refractivity contribution in [3.63, 3.8) is 0 Å². The Kier molecular flexibility index (Phi) is 8.87. The van der Waals surface area contributed by atoms with Crippen LogP contribution in [-0.4, -0.2) is 50.2 Å². The molecule has 2 rings (SSSR count). The summed E-state index contributed by atoms with van der Waals surface area (Å²) < 4.78 is 10.9. The van der Waals surface area contributed by atoms with Crippen LogP contribution in [-0.2, 0) is 4.79 Å². The van der Waals surface area contributed by atoms with Gasteiger partial charge in [-0.3, -0.25) is 9.69 Å². The van der Waals surface area contributed by atoms with Crippen LogP contribution in [0.25, 0.3) is 6.08 Å². The lowest BCUT2D eigenvalue weighted by Crippen LogP contribution is -2.44. The monoisotopic (exact) mass is 406 g/mol. The van der Waals surface area contributed by atoms with E-state index in [1.807, 2.05) is 13.0 Å². The molecule has 1 heterocycles. The van der Waals surface area contributed by atoms with Crippen LogP contribution in [0.4, 0.5) is 0 Å². The van der Waals surface area contributed by atoms with E-state index >= 15 is 0 Å². The third-order valence-electron chi connectivity index (χ3n) is 4.65. The normalized spacial score (nSPS) is 15.5. The summed E-state index contributed by atoms with van der Waals surface area (Å²) in [6.07, 6.45) is 7.48. The zero-order valence-corrected chi connectivity index (χ0v) is 18.0. The molecule has 0 radical (unpaired) electrons. The Hall–Kier alpha value is -1.98. The Morgan fingerprint density at radius 1 is 1.32 bits per heavy atom. The van der Waals surface area contributed by atoms with Gasteiger partial charge in [-0.15, -0.1) is 0 Å². The summed E-state index contributed by atoms with van der Waals surface area (Å²) in [6.45, 7) is 9.64. The maximum atomic E-state index is 12.3. The van der Waals surface area contributed by atoms with Crippen LogP contribution in [0.1, 0.15) is 39.2 Å². The number of hydrogen-bond acceptors (Lipinski definition) is 4. The summed E-state index contributed by atoms with van der Waals surface area (Å²) in [6, 6.07) is 3.80. The molecular weight excluding hydrogens is 376 g/mol. The number of carbonyl (C=O) groups is 1. The molecule has 1 aromatic carbocycles. The second-order valence-corrected chi connectivity index (χ2v) is 7.57. The Morgan fingerprint density at radius 2 is 2.04 bits per heavy atom. The number of ether oxygens (including phenoxy) is 2. The first-order chi connectivity index (χ1) is 13.4.